The van der Waals surface area contributed by atoms with Gasteiger partial charge in [-0.2, -0.15) is 0 Å². The number of nitrogens with zero attached hydrogens (tertiary/aromatic N) is 1. The van der Waals surface area contributed by atoms with Crippen molar-refractivity contribution < 1.29 is 4.79 Å². The molecule has 2 aromatic rings. The van der Waals surface area contributed by atoms with Crippen LogP contribution < -0.4 is 5.73 Å². The van der Waals surface area contributed by atoms with Gasteiger partial charge in [0.05, 0.1) is 5.92 Å². The molecule has 2 aromatic carbocycles. The van der Waals surface area contributed by atoms with Gasteiger partial charge in [-0.1, -0.05) is 67.6 Å². The lowest BCUT2D eigenvalue weighted by molar-refractivity contribution is -0.135. The molecule has 2 N–H and O–H groups in total. The molecule has 0 fully saturated rings. The van der Waals surface area contributed by atoms with Crippen LogP contribution in [0.25, 0.3) is 0 Å². The van der Waals surface area contributed by atoms with Gasteiger partial charge in [0, 0.05) is 19.1 Å². The molecule has 2 atom stereocenters. The van der Waals surface area contributed by atoms with Crippen LogP contribution in [0.15, 0.2) is 60.7 Å². The third kappa shape index (κ3) is 5.36. The molecule has 0 heterocycles. The zero-order chi connectivity index (χ0) is 16.7. The summed E-state index contributed by atoms with van der Waals surface area (Å²) in [5, 5.41) is 0. The van der Waals surface area contributed by atoms with Crippen molar-refractivity contribution in [2.75, 3.05) is 13.1 Å². The van der Waals surface area contributed by atoms with E-state index in [4.69, 9.17) is 5.73 Å². The van der Waals surface area contributed by atoms with Crippen LogP contribution in [0.3, 0.4) is 0 Å². The van der Waals surface area contributed by atoms with Crippen molar-refractivity contribution in [1.29, 1.82) is 0 Å². The highest BCUT2D eigenvalue weighted by molar-refractivity contribution is 5.85. The van der Waals surface area contributed by atoms with E-state index in [0.29, 0.717) is 6.54 Å². The van der Waals surface area contributed by atoms with E-state index in [2.05, 4.69) is 12.1 Å². The summed E-state index contributed by atoms with van der Waals surface area (Å²) in [7, 11) is 0. The number of hydrogen-bond acceptors (Lipinski definition) is 2. The van der Waals surface area contributed by atoms with Gasteiger partial charge >= 0.3 is 0 Å². The average molecular weight is 347 g/mol. The van der Waals surface area contributed by atoms with Gasteiger partial charge in [-0.15, -0.1) is 12.4 Å². The molecule has 0 aliphatic rings. The Bertz CT molecular complexity index is 604. The molecule has 4 heteroatoms. The van der Waals surface area contributed by atoms with Crippen molar-refractivity contribution in [2.24, 2.45) is 11.7 Å². The standard InChI is InChI=1S/C20H26N2O.ClH/c1-3-22(15-14-17-10-6-4-7-11-17)20(23)16(2)19(21)18-12-8-5-9-13-18;/h4-13,16,19H,3,14-15,21H2,1-2H3;1H. The van der Waals surface area contributed by atoms with Gasteiger partial charge in [-0.25, -0.2) is 0 Å². The van der Waals surface area contributed by atoms with Crippen LogP contribution in [-0.2, 0) is 11.2 Å². The minimum atomic E-state index is -0.269. The fourth-order valence-electron chi connectivity index (χ4n) is 2.74. The highest BCUT2D eigenvalue weighted by atomic mass is 35.5. The number of rotatable bonds is 7. The number of carbonyl (C=O) groups excluding carboxylic acids is 1. The lowest BCUT2D eigenvalue weighted by Gasteiger charge is -2.27. The lowest BCUT2D eigenvalue weighted by Crippen LogP contribution is -2.40. The number of carbonyl (C=O) groups is 1. The van der Waals surface area contributed by atoms with Crippen LogP contribution in [-0.4, -0.2) is 23.9 Å². The summed E-state index contributed by atoms with van der Waals surface area (Å²) in [6.45, 7) is 5.37. The van der Waals surface area contributed by atoms with Gasteiger partial charge < -0.3 is 10.6 Å². The zero-order valence-corrected chi connectivity index (χ0v) is 15.2. The molecule has 0 saturated carbocycles. The Balaban J connectivity index is 0.00000288. The average Bonchev–Trinajstić information content (AvgIpc) is 2.62. The van der Waals surface area contributed by atoms with Gasteiger partial charge in [0.25, 0.3) is 0 Å². The predicted octanol–water partition coefficient (Wildman–Crippen LogP) is 3.84. The van der Waals surface area contributed by atoms with Crippen molar-refractivity contribution >= 4 is 18.3 Å². The van der Waals surface area contributed by atoms with Gasteiger partial charge in [0.1, 0.15) is 0 Å². The zero-order valence-electron chi connectivity index (χ0n) is 14.4. The fraction of sp³-hybridized carbons (Fsp3) is 0.350. The first kappa shape index (κ1) is 20.2. The van der Waals surface area contributed by atoms with E-state index in [1.807, 2.05) is 67.3 Å². The number of hydrogen-bond donors (Lipinski definition) is 1. The molecule has 24 heavy (non-hydrogen) atoms. The van der Waals surface area contributed by atoms with Crippen molar-refractivity contribution in [3.63, 3.8) is 0 Å². The summed E-state index contributed by atoms with van der Waals surface area (Å²) < 4.78 is 0. The van der Waals surface area contributed by atoms with Crippen molar-refractivity contribution in [3.8, 4) is 0 Å². The second kappa shape index (κ2) is 10.1. The van der Waals surface area contributed by atoms with Crippen LogP contribution in [0.5, 0.6) is 0 Å². The smallest absolute Gasteiger partial charge is 0.227 e. The number of halogens is 1. The first-order chi connectivity index (χ1) is 11.1. The van der Waals surface area contributed by atoms with Gasteiger partial charge in [0.15, 0.2) is 0 Å². The summed E-state index contributed by atoms with van der Waals surface area (Å²) in [5.41, 5.74) is 8.55. The summed E-state index contributed by atoms with van der Waals surface area (Å²) in [4.78, 5) is 14.7. The van der Waals surface area contributed by atoms with E-state index in [1.165, 1.54) is 5.56 Å². The highest BCUT2D eigenvalue weighted by Gasteiger charge is 2.25. The van der Waals surface area contributed by atoms with E-state index in [1.54, 1.807) is 0 Å². The molecule has 130 valence electrons. The Morgan fingerprint density at radius 1 is 1.04 bits per heavy atom. The Kier molecular flexibility index (Phi) is 8.51. The Morgan fingerprint density at radius 3 is 2.12 bits per heavy atom. The third-order valence-electron chi connectivity index (χ3n) is 4.32. The fourth-order valence-corrected chi connectivity index (χ4v) is 2.74. The molecule has 0 spiro atoms. The summed E-state index contributed by atoms with van der Waals surface area (Å²) in [6, 6.07) is 19.8. The largest absolute Gasteiger partial charge is 0.342 e. The Labute approximate surface area is 151 Å². The topological polar surface area (TPSA) is 46.3 Å². The summed E-state index contributed by atoms with van der Waals surface area (Å²) >= 11 is 0. The van der Waals surface area contributed by atoms with Crippen LogP contribution in [0.2, 0.25) is 0 Å². The first-order valence-corrected chi connectivity index (χ1v) is 8.26. The SMILES string of the molecule is CCN(CCc1ccccc1)C(=O)C(C)C(N)c1ccccc1.Cl. The number of amides is 1. The predicted molar refractivity (Wildman–Crippen MR) is 102 cm³/mol. The molecular weight excluding hydrogens is 320 g/mol. The molecule has 1 amide bonds. The number of likely N-dealkylation sites (N-methyl/N-ethyl adjacent to an activating group) is 1. The molecular formula is C20H27ClN2O. The molecule has 3 nitrogen and oxygen atoms in total. The molecule has 0 bridgehead atoms. The number of benzene rings is 2. The number of nitrogens with two attached hydrogens (primary N) is 1. The molecule has 2 rings (SSSR count). The molecule has 0 saturated heterocycles. The third-order valence-corrected chi connectivity index (χ3v) is 4.32. The van der Waals surface area contributed by atoms with Crippen LogP contribution in [0.1, 0.15) is 31.0 Å². The summed E-state index contributed by atoms with van der Waals surface area (Å²) in [5.74, 6) is -0.104. The monoisotopic (exact) mass is 346 g/mol. The lowest BCUT2D eigenvalue weighted by atomic mass is 9.94. The maximum Gasteiger partial charge on any atom is 0.227 e. The molecule has 0 aliphatic carbocycles. The maximum absolute atomic E-state index is 12.8. The molecule has 0 aromatic heterocycles. The van der Waals surface area contributed by atoms with Crippen LogP contribution in [0.4, 0.5) is 0 Å². The normalized spacial score (nSPS) is 12.8. The van der Waals surface area contributed by atoms with Crippen LogP contribution in [0, 0.1) is 5.92 Å². The van der Waals surface area contributed by atoms with Gasteiger partial charge in [-0.05, 0) is 24.5 Å². The second-order valence-corrected chi connectivity index (χ2v) is 5.88. The highest BCUT2D eigenvalue weighted by Crippen LogP contribution is 2.21. The minimum Gasteiger partial charge on any atom is -0.342 e. The van der Waals surface area contributed by atoms with E-state index < -0.39 is 0 Å². The quantitative estimate of drug-likeness (QED) is 0.828. The maximum atomic E-state index is 12.8. The van der Waals surface area contributed by atoms with Gasteiger partial charge in [0.2, 0.25) is 5.91 Å². The molecule has 2 unspecified atom stereocenters. The van der Waals surface area contributed by atoms with Crippen LogP contribution >= 0.6 is 12.4 Å². The second-order valence-electron chi connectivity index (χ2n) is 5.88. The van der Waals surface area contributed by atoms with E-state index in [0.717, 1.165) is 18.5 Å². The van der Waals surface area contributed by atoms with E-state index >= 15 is 0 Å². The van der Waals surface area contributed by atoms with E-state index in [-0.39, 0.29) is 30.3 Å². The van der Waals surface area contributed by atoms with Gasteiger partial charge in [-0.3, -0.25) is 4.79 Å². The van der Waals surface area contributed by atoms with Crippen molar-refractivity contribution in [3.05, 3.63) is 71.8 Å². The Morgan fingerprint density at radius 2 is 1.58 bits per heavy atom. The molecule has 0 radical (unpaired) electrons. The van der Waals surface area contributed by atoms with Crippen molar-refractivity contribution in [2.45, 2.75) is 26.3 Å². The summed E-state index contributed by atoms with van der Waals surface area (Å²) in [6.07, 6.45) is 0.869. The molecule has 0 aliphatic heterocycles. The van der Waals surface area contributed by atoms with Crippen molar-refractivity contribution in [1.82, 2.24) is 4.90 Å². The minimum absolute atomic E-state index is 0. The first-order valence-electron chi connectivity index (χ1n) is 8.26. The Hall–Kier alpha value is -1.84. The van der Waals surface area contributed by atoms with E-state index in [9.17, 15) is 4.79 Å².